The highest BCUT2D eigenvalue weighted by molar-refractivity contribution is 9.10. The highest BCUT2D eigenvalue weighted by atomic mass is 79.9. The van der Waals surface area contributed by atoms with Gasteiger partial charge in [-0.15, -0.1) is 0 Å². The van der Waals surface area contributed by atoms with Crippen molar-refractivity contribution in [3.63, 3.8) is 0 Å². The van der Waals surface area contributed by atoms with Crippen LogP contribution >= 0.6 is 15.9 Å². The number of amides is 1. The molecule has 1 aromatic carbocycles. The lowest BCUT2D eigenvalue weighted by Crippen LogP contribution is -2.27. The number of hydrogen-bond donors (Lipinski definition) is 2. The molecule has 0 unspecified atom stereocenters. The molecule has 5 nitrogen and oxygen atoms in total. The van der Waals surface area contributed by atoms with E-state index in [4.69, 9.17) is 0 Å². The zero-order chi connectivity index (χ0) is 19.2. The molecule has 0 saturated heterocycles. The number of benzene rings is 1. The lowest BCUT2D eigenvalue weighted by Gasteiger charge is -2.10. The summed E-state index contributed by atoms with van der Waals surface area (Å²) < 4.78 is 27.9. The predicted octanol–water partition coefficient (Wildman–Crippen LogP) is 4.23. The molecule has 1 saturated carbocycles. The molecular formula is C19H29BrN2O3S. The summed E-state index contributed by atoms with van der Waals surface area (Å²) in [6.45, 7) is 5.06. The molecule has 0 radical (unpaired) electrons. The Hall–Kier alpha value is -0.920. The van der Waals surface area contributed by atoms with E-state index < -0.39 is 10.0 Å². The van der Waals surface area contributed by atoms with Gasteiger partial charge in [0, 0.05) is 17.1 Å². The predicted molar refractivity (Wildman–Crippen MR) is 108 cm³/mol. The molecule has 2 N–H and O–H groups in total. The van der Waals surface area contributed by atoms with Gasteiger partial charge >= 0.3 is 0 Å². The van der Waals surface area contributed by atoms with Crippen molar-refractivity contribution in [2.75, 3.05) is 6.54 Å². The van der Waals surface area contributed by atoms with Crippen LogP contribution in [0.5, 0.6) is 0 Å². The van der Waals surface area contributed by atoms with Gasteiger partial charge in [-0.2, -0.15) is 0 Å². The Morgan fingerprint density at radius 2 is 1.88 bits per heavy atom. The zero-order valence-corrected chi connectivity index (χ0v) is 18.0. The molecule has 0 bridgehead atoms. The Morgan fingerprint density at radius 1 is 1.19 bits per heavy atom. The van der Waals surface area contributed by atoms with Gasteiger partial charge in [-0.3, -0.25) is 4.79 Å². The summed E-state index contributed by atoms with van der Waals surface area (Å²) in [6, 6.07) is 4.60. The second kappa shape index (κ2) is 9.85. The molecule has 1 aliphatic rings. The summed E-state index contributed by atoms with van der Waals surface area (Å²) >= 11 is 3.34. The summed E-state index contributed by atoms with van der Waals surface area (Å²) in [5.41, 5.74) is 0.350. The smallest absolute Gasteiger partial charge is 0.252 e. The quantitative estimate of drug-likeness (QED) is 0.501. The van der Waals surface area contributed by atoms with Crippen LogP contribution in [0.1, 0.15) is 69.2 Å². The average molecular weight is 445 g/mol. The fraction of sp³-hybridized carbons (Fsp3) is 0.632. The van der Waals surface area contributed by atoms with Gasteiger partial charge in [0.1, 0.15) is 0 Å². The van der Waals surface area contributed by atoms with E-state index in [-0.39, 0.29) is 16.8 Å². The first-order valence-electron chi connectivity index (χ1n) is 9.39. The Balaban J connectivity index is 1.85. The first-order valence-corrected chi connectivity index (χ1v) is 11.7. The third-order valence-electron chi connectivity index (χ3n) is 4.39. The number of carbonyl (C=O) groups excluding carboxylic acids is 1. The van der Waals surface area contributed by atoms with Crippen LogP contribution in [0.3, 0.4) is 0 Å². The molecule has 7 heteroatoms. The Morgan fingerprint density at radius 3 is 2.54 bits per heavy atom. The van der Waals surface area contributed by atoms with Crippen molar-refractivity contribution in [3.05, 3.63) is 28.2 Å². The maximum Gasteiger partial charge on any atom is 0.252 e. The average Bonchev–Trinajstić information content (AvgIpc) is 3.37. The van der Waals surface area contributed by atoms with E-state index in [2.05, 4.69) is 39.8 Å². The van der Waals surface area contributed by atoms with Crippen LogP contribution < -0.4 is 10.0 Å². The topological polar surface area (TPSA) is 75.3 Å². The first-order chi connectivity index (χ1) is 12.3. The van der Waals surface area contributed by atoms with Crippen LogP contribution in [-0.4, -0.2) is 26.9 Å². The number of rotatable bonds is 11. The van der Waals surface area contributed by atoms with E-state index >= 15 is 0 Å². The van der Waals surface area contributed by atoms with Crippen molar-refractivity contribution in [2.24, 2.45) is 5.92 Å². The lowest BCUT2D eigenvalue weighted by molar-refractivity contribution is 0.0952. The van der Waals surface area contributed by atoms with Crippen molar-refractivity contribution in [3.8, 4) is 0 Å². The molecular weight excluding hydrogens is 416 g/mol. The monoisotopic (exact) mass is 444 g/mol. The van der Waals surface area contributed by atoms with Crippen LogP contribution in [0, 0.1) is 5.92 Å². The molecule has 0 spiro atoms. The second-order valence-corrected chi connectivity index (χ2v) is 9.96. The van der Waals surface area contributed by atoms with E-state index in [0.29, 0.717) is 16.6 Å². The largest absolute Gasteiger partial charge is 0.352 e. The molecule has 0 atom stereocenters. The molecule has 0 aliphatic heterocycles. The highest BCUT2D eigenvalue weighted by Crippen LogP contribution is 2.25. The van der Waals surface area contributed by atoms with Gasteiger partial charge in [-0.05, 0) is 59.3 Å². The number of nitrogens with one attached hydrogen (secondary N) is 2. The maximum atomic E-state index is 12.4. The van der Waals surface area contributed by atoms with Crippen LogP contribution in [0.4, 0.5) is 0 Å². The molecule has 1 aliphatic carbocycles. The van der Waals surface area contributed by atoms with Gasteiger partial charge in [0.05, 0.1) is 10.5 Å². The van der Waals surface area contributed by atoms with Crippen molar-refractivity contribution in [1.82, 2.24) is 10.0 Å². The first kappa shape index (κ1) is 21.4. The minimum atomic E-state index is -3.56. The summed E-state index contributed by atoms with van der Waals surface area (Å²) in [5.74, 6) is 0.493. The molecule has 26 heavy (non-hydrogen) atoms. The maximum absolute atomic E-state index is 12.4. The van der Waals surface area contributed by atoms with Gasteiger partial charge in [-0.25, -0.2) is 13.1 Å². The fourth-order valence-electron chi connectivity index (χ4n) is 2.66. The number of halogens is 1. The summed E-state index contributed by atoms with van der Waals surface area (Å²) in [7, 11) is -3.56. The normalized spacial score (nSPS) is 14.6. The van der Waals surface area contributed by atoms with Crippen molar-refractivity contribution in [1.29, 1.82) is 0 Å². The Labute approximate surface area is 165 Å². The van der Waals surface area contributed by atoms with Crippen LogP contribution in [0.15, 0.2) is 27.6 Å². The minimum Gasteiger partial charge on any atom is -0.352 e. The van der Waals surface area contributed by atoms with Crippen LogP contribution in [0.2, 0.25) is 0 Å². The van der Waals surface area contributed by atoms with Gasteiger partial charge in [0.2, 0.25) is 10.0 Å². The van der Waals surface area contributed by atoms with E-state index in [1.165, 1.54) is 31.4 Å². The van der Waals surface area contributed by atoms with Gasteiger partial charge in [-0.1, -0.05) is 39.5 Å². The molecule has 1 aromatic rings. The number of unbranched alkanes of at least 4 members (excludes halogenated alkanes) is 3. The SMILES string of the molecule is CC(C)CCCCCCNC(=O)c1cc(S(=O)(=O)NC2CC2)ccc1Br. The molecule has 1 fully saturated rings. The number of sulfonamides is 1. The Kier molecular flexibility index (Phi) is 8.10. The molecule has 2 rings (SSSR count). The number of hydrogen-bond acceptors (Lipinski definition) is 3. The Bertz CT molecular complexity index is 715. The number of carbonyl (C=O) groups is 1. The summed E-state index contributed by atoms with van der Waals surface area (Å²) in [5, 5.41) is 2.89. The van der Waals surface area contributed by atoms with Crippen LogP contribution in [0.25, 0.3) is 0 Å². The van der Waals surface area contributed by atoms with E-state index in [1.54, 1.807) is 6.07 Å². The fourth-order valence-corrected chi connectivity index (χ4v) is 4.42. The standard InChI is InChI=1S/C19H29BrN2O3S/c1-14(2)7-5-3-4-6-12-21-19(23)17-13-16(10-11-18(17)20)26(24,25)22-15-8-9-15/h10-11,13-15,22H,3-9,12H2,1-2H3,(H,21,23). The molecule has 146 valence electrons. The summed E-state index contributed by atoms with van der Waals surface area (Å²) in [4.78, 5) is 12.5. The van der Waals surface area contributed by atoms with Crippen molar-refractivity contribution >= 4 is 31.9 Å². The van der Waals surface area contributed by atoms with E-state index in [9.17, 15) is 13.2 Å². The van der Waals surface area contributed by atoms with Crippen molar-refractivity contribution in [2.45, 2.75) is 69.7 Å². The summed E-state index contributed by atoms with van der Waals surface area (Å²) in [6.07, 6.45) is 7.43. The van der Waals surface area contributed by atoms with Crippen LogP contribution in [-0.2, 0) is 10.0 Å². The molecule has 0 heterocycles. The zero-order valence-electron chi connectivity index (χ0n) is 15.6. The molecule has 1 amide bonds. The lowest BCUT2D eigenvalue weighted by atomic mass is 10.0. The molecule has 0 aromatic heterocycles. The van der Waals surface area contributed by atoms with E-state index in [0.717, 1.165) is 31.6 Å². The van der Waals surface area contributed by atoms with Gasteiger partial charge in [0.15, 0.2) is 0 Å². The third kappa shape index (κ3) is 7.00. The second-order valence-electron chi connectivity index (χ2n) is 7.39. The highest BCUT2D eigenvalue weighted by Gasteiger charge is 2.28. The van der Waals surface area contributed by atoms with Gasteiger partial charge in [0.25, 0.3) is 5.91 Å². The third-order valence-corrected chi connectivity index (χ3v) is 6.60. The minimum absolute atomic E-state index is 0.0385. The van der Waals surface area contributed by atoms with Crippen molar-refractivity contribution < 1.29 is 13.2 Å². The van der Waals surface area contributed by atoms with E-state index in [1.807, 2.05) is 0 Å². The van der Waals surface area contributed by atoms with Gasteiger partial charge < -0.3 is 5.32 Å².